The van der Waals surface area contributed by atoms with E-state index in [-0.39, 0.29) is 11.2 Å². The highest BCUT2D eigenvalue weighted by Crippen LogP contribution is 2.38. The Balaban J connectivity index is 1.64. The average Bonchev–Trinajstić information content (AvgIpc) is 3.29. The maximum atomic E-state index is 12.5. The van der Waals surface area contributed by atoms with E-state index >= 15 is 0 Å². The van der Waals surface area contributed by atoms with Gasteiger partial charge in [-0.2, -0.15) is 0 Å². The van der Waals surface area contributed by atoms with Gasteiger partial charge in [-0.1, -0.05) is 23.9 Å². The van der Waals surface area contributed by atoms with Crippen molar-refractivity contribution in [1.29, 1.82) is 0 Å². The van der Waals surface area contributed by atoms with Gasteiger partial charge in [0.25, 0.3) is 0 Å². The molecule has 1 saturated carbocycles. The summed E-state index contributed by atoms with van der Waals surface area (Å²) in [6.07, 6.45) is 6.20. The zero-order chi connectivity index (χ0) is 16.2. The van der Waals surface area contributed by atoms with Crippen molar-refractivity contribution in [1.82, 2.24) is 9.55 Å². The summed E-state index contributed by atoms with van der Waals surface area (Å²) in [5.41, 5.74) is 0.706. The smallest absolute Gasteiger partial charge is 0.237 e. The van der Waals surface area contributed by atoms with Crippen LogP contribution in [0, 0.1) is 0 Å². The van der Waals surface area contributed by atoms with E-state index in [0.717, 1.165) is 5.16 Å². The van der Waals surface area contributed by atoms with Crippen LogP contribution in [0.1, 0.15) is 32.7 Å². The minimum Gasteiger partial charge on any atom is -0.492 e. The number of hydrogen-bond donors (Lipinski definition) is 1. The lowest BCUT2D eigenvalue weighted by atomic mass is 10.3. The van der Waals surface area contributed by atoms with Gasteiger partial charge in [0.2, 0.25) is 5.91 Å². The van der Waals surface area contributed by atoms with Crippen molar-refractivity contribution in [3.63, 3.8) is 0 Å². The molecule has 1 aromatic heterocycles. The van der Waals surface area contributed by atoms with Crippen LogP contribution in [0.15, 0.2) is 41.8 Å². The highest BCUT2D eigenvalue weighted by atomic mass is 32.2. The minimum atomic E-state index is -0.232. The van der Waals surface area contributed by atoms with Gasteiger partial charge >= 0.3 is 0 Å². The molecule has 0 saturated heterocycles. The van der Waals surface area contributed by atoms with E-state index in [1.165, 1.54) is 24.6 Å². The molecule has 1 aliphatic carbocycles. The fraction of sp³-hybridized carbons (Fsp3) is 0.412. The second-order valence-corrected chi connectivity index (χ2v) is 6.83. The Kier molecular flexibility index (Phi) is 4.91. The van der Waals surface area contributed by atoms with E-state index in [1.54, 1.807) is 6.20 Å². The van der Waals surface area contributed by atoms with Crippen LogP contribution >= 0.6 is 11.8 Å². The zero-order valence-electron chi connectivity index (χ0n) is 13.4. The Hall–Kier alpha value is -1.95. The van der Waals surface area contributed by atoms with Gasteiger partial charge in [0.05, 0.1) is 17.5 Å². The number of amides is 1. The summed E-state index contributed by atoms with van der Waals surface area (Å²) in [6.45, 7) is 4.39. The number of rotatable bonds is 7. The molecule has 23 heavy (non-hydrogen) atoms. The number of carbonyl (C=O) groups is 1. The van der Waals surface area contributed by atoms with Gasteiger partial charge in [-0.25, -0.2) is 4.98 Å². The number of benzene rings is 1. The summed E-state index contributed by atoms with van der Waals surface area (Å²) in [7, 11) is 0. The van der Waals surface area contributed by atoms with Crippen molar-refractivity contribution in [3.8, 4) is 5.75 Å². The van der Waals surface area contributed by atoms with Gasteiger partial charge in [0.15, 0.2) is 5.16 Å². The molecular weight excluding hydrogens is 310 g/mol. The normalized spacial score (nSPS) is 15.2. The van der Waals surface area contributed by atoms with E-state index in [9.17, 15) is 4.79 Å². The van der Waals surface area contributed by atoms with Crippen molar-refractivity contribution in [2.75, 3.05) is 11.9 Å². The van der Waals surface area contributed by atoms with Crippen molar-refractivity contribution < 1.29 is 9.53 Å². The van der Waals surface area contributed by atoms with Crippen molar-refractivity contribution in [2.24, 2.45) is 0 Å². The van der Waals surface area contributed by atoms with Crippen LogP contribution in [-0.2, 0) is 4.79 Å². The van der Waals surface area contributed by atoms with E-state index in [4.69, 9.17) is 4.74 Å². The van der Waals surface area contributed by atoms with Crippen molar-refractivity contribution in [2.45, 2.75) is 43.1 Å². The zero-order valence-corrected chi connectivity index (χ0v) is 14.2. The molecule has 6 heteroatoms. The van der Waals surface area contributed by atoms with Crippen molar-refractivity contribution in [3.05, 3.63) is 36.7 Å². The number of aromatic nitrogens is 2. The Morgan fingerprint density at radius 1 is 1.48 bits per heavy atom. The van der Waals surface area contributed by atoms with Crippen molar-refractivity contribution >= 4 is 23.4 Å². The van der Waals surface area contributed by atoms with Crippen LogP contribution in [-0.4, -0.2) is 27.3 Å². The van der Waals surface area contributed by atoms with Crippen LogP contribution in [0.4, 0.5) is 5.69 Å². The largest absolute Gasteiger partial charge is 0.492 e. The third-order valence-corrected chi connectivity index (χ3v) is 4.76. The lowest BCUT2D eigenvalue weighted by molar-refractivity contribution is -0.115. The standard InChI is InChI=1S/C17H21N3O2S/c1-3-22-15-7-5-4-6-14(15)19-16(21)12(2)23-17-18-10-11-20(17)13-8-9-13/h4-7,10-13H,3,8-9H2,1-2H3,(H,19,21). The van der Waals surface area contributed by atoms with E-state index in [0.29, 0.717) is 24.1 Å². The van der Waals surface area contributed by atoms with Gasteiger partial charge in [0, 0.05) is 18.4 Å². The molecule has 1 fully saturated rings. The van der Waals surface area contributed by atoms with Gasteiger partial charge in [-0.15, -0.1) is 0 Å². The lowest BCUT2D eigenvalue weighted by Crippen LogP contribution is -2.23. The lowest BCUT2D eigenvalue weighted by Gasteiger charge is -2.15. The molecule has 1 amide bonds. The number of nitrogens with zero attached hydrogens (tertiary/aromatic N) is 2. The molecule has 1 N–H and O–H groups in total. The summed E-state index contributed by atoms with van der Waals surface area (Å²) in [6, 6.07) is 8.05. The van der Waals surface area contributed by atoms with Crippen LogP contribution in [0.2, 0.25) is 0 Å². The van der Waals surface area contributed by atoms with E-state index in [1.807, 2.05) is 44.3 Å². The molecule has 1 heterocycles. The second kappa shape index (κ2) is 7.08. The molecule has 2 aromatic rings. The summed E-state index contributed by atoms with van der Waals surface area (Å²) in [5.74, 6) is 0.646. The van der Waals surface area contributed by atoms with E-state index in [2.05, 4.69) is 14.9 Å². The Bertz CT molecular complexity index is 682. The van der Waals surface area contributed by atoms with Gasteiger partial charge in [-0.3, -0.25) is 4.79 Å². The van der Waals surface area contributed by atoms with E-state index < -0.39 is 0 Å². The summed E-state index contributed by atoms with van der Waals surface area (Å²) in [4.78, 5) is 16.8. The number of hydrogen-bond acceptors (Lipinski definition) is 4. The maximum Gasteiger partial charge on any atom is 0.237 e. The second-order valence-electron chi connectivity index (χ2n) is 5.53. The SMILES string of the molecule is CCOc1ccccc1NC(=O)C(C)Sc1nccn1C1CC1. The molecule has 0 spiro atoms. The third kappa shape index (κ3) is 3.88. The number of nitrogens with one attached hydrogen (secondary N) is 1. The summed E-state index contributed by atoms with van der Waals surface area (Å²) < 4.78 is 7.71. The molecule has 5 nitrogen and oxygen atoms in total. The number of thioether (sulfide) groups is 1. The maximum absolute atomic E-state index is 12.5. The molecule has 0 radical (unpaired) electrons. The number of para-hydroxylation sites is 2. The Labute approximate surface area is 140 Å². The summed E-state index contributed by atoms with van der Waals surface area (Å²) in [5, 5.41) is 3.63. The van der Waals surface area contributed by atoms with Crippen LogP contribution in [0.25, 0.3) is 0 Å². The first-order valence-electron chi connectivity index (χ1n) is 7.91. The van der Waals surface area contributed by atoms with Gasteiger partial charge in [-0.05, 0) is 38.8 Å². The first-order valence-corrected chi connectivity index (χ1v) is 8.79. The quantitative estimate of drug-likeness (QED) is 0.785. The number of imidazole rings is 1. The molecule has 3 rings (SSSR count). The van der Waals surface area contributed by atoms with Crippen LogP contribution in [0.3, 0.4) is 0 Å². The highest BCUT2D eigenvalue weighted by molar-refractivity contribution is 8.00. The number of anilines is 1. The fourth-order valence-electron chi connectivity index (χ4n) is 2.32. The highest BCUT2D eigenvalue weighted by Gasteiger charge is 2.27. The molecule has 1 aliphatic rings. The third-order valence-electron chi connectivity index (χ3n) is 3.67. The van der Waals surface area contributed by atoms with Crippen LogP contribution in [0.5, 0.6) is 5.75 Å². The summed E-state index contributed by atoms with van der Waals surface area (Å²) >= 11 is 1.49. The minimum absolute atomic E-state index is 0.0486. The number of carbonyl (C=O) groups excluding carboxylic acids is 1. The topological polar surface area (TPSA) is 56.1 Å². The van der Waals surface area contributed by atoms with Gasteiger partial charge in [0.1, 0.15) is 5.75 Å². The average molecular weight is 331 g/mol. The molecule has 0 aliphatic heterocycles. The first kappa shape index (κ1) is 15.9. The molecule has 1 atom stereocenters. The predicted molar refractivity (Wildman–Crippen MR) is 92.1 cm³/mol. The predicted octanol–water partition coefficient (Wildman–Crippen LogP) is 3.74. The van der Waals surface area contributed by atoms with Crippen LogP contribution < -0.4 is 10.1 Å². The van der Waals surface area contributed by atoms with Gasteiger partial charge < -0.3 is 14.6 Å². The molecule has 122 valence electrons. The Morgan fingerprint density at radius 3 is 3.00 bits per heavy atom. The first-order chi connectivity index (χ1) is 11.2. The Morgan fingerprint density at radius 2 is 2.26 bits per heavy atom. The molecule has 1 unspecified atom stereocenters. The monoisotopic (exact) mass is 331 g/mol. The molecule has 1 aromatic carbocycles. The fourth-order valence-corrected chi connectivity index (χ4v) is 3.25. The molecular formula is C17H21N3O2S. The number of ether oxygens (including phenoxy) is 1. The molecule has 0 bridgehead atoms.